The van der Waals surface area contributed by atoms with Gasteiger partial charge in [-0.1, -0.05) is 18.2 Å². The summed E-state index contributed by atoms with van der Waals surface area (Å²) in [6.07, 6.45) is 3.50. The summed E-state index contributed by atoms with van der Waals surface area (Å²) in [6, 6.07) is 7.91. The Morgan fingerprint density at radius 1 is 1.40 bits per heavy atom. The number of ether oxygens (including phenoxy) is 1. The van der Waals surface area contributed by atoms with E-state index in [1.165, 1.54) is 0 Å². The van der Waals surface area contributed by atoms with Crippen molar-refractivity contribution in [1.29, 1.82) is 0 Å². The second kappa shape index (κ2) is 4.50. The number of benzene rings is 1. The van der Waals surface area contributed by atoms with Gasteiger partial charge in [0.25, 0.3) is 0 Å². The highest BCUT2D eigenvalue weighted by Crippen LogP contribution is 2.17. The van der Waals surface area contributed by atoms with Crippen molar-refractivity contribution in [1.82, 2.24) is 9.97 Å². The molecule has 0 atom stereocenters. The van der Waals surface area contributed by atoms with Gasteiger partial charge >= 0.3 is 0 Å². The average molecular weight is 203 g/mol. The van der Waals surface area contributed by atoms with Gasteiger partial charge in [0.15, 0.2) is 5.95 Å². The van der Waals surface area contributed by atoms with Crippen LogP contribution < -0.4 is 10.1 Å². The van der Waals surface area contributed by atoms with Crippen LogP contribution in [0, 0.1) is 0 Å². The number of nitrogens with zero attached hydrogens (tertiary/aromatic N) is 1. The molecule has 15 heavy (non-hydrogen) atoms. The van der Waals surface area contributed by atoms with Crippen LogP contribution in [0.4, 0.5) is 5.95 Å². The van der Waals surface area contributed by atoms with Gasteiger partial charge in [-0.15, -0.1) is 0 Å². The first kappa shape index (κ1) is 9.58. The molecule has 0 spiro atoms. The van der Waals surface area contributed by atoms with E-state index < -0.39 is 0 Å². The zero-order valence-corrected chi connectivity index (χ0v) is 8.53. The van der Waals surface area contributed by atoms with Crippen molar-refractivity contribution in [3.8, 4) is 5.75 Å². The second-order valence-corrected chi connectivity index (χ2v) is 3.10. The molecule has 0 saturated heterocycles. The molecule has 4 heteroatoms. The SMILES string of the molecule is COc1ccccc1CNc1ncc[nH]1. The van der Waals surface area contributed by atoms with Crippen LogP contribution in [-0.4, -0.2) is 17.1 Å². The molecule has 0 unspecified atom stereocenters. The first-order chi connectivity index (χ1) is 7.40. The zero-order valence-electron chi connectivity index (χ0n) is 8.53. The number of imidazole rings is 1. The largest absolute Gasteiger partial charge is 0.496 e. The molecule has 0 aliphatic rings. The fourth-order valence-corrected chi connectivity index (χ4v) is 1.39. The van der Waals surface area contributed by atoms with Crippen LogP contribution in [0.5, 0.6) is 5.75 Å². The predicted molar refractivity (Wildman–Crippen MR) is 58.9 cm³/mol. The summed E-state index contributed by atoms with van der Waals surface area (Å²) in [7, 11) is 1.67. The summed E-state index contributed by atoms with van der Waals surface area (Å²) < 4.78 is 5.24. The van der Waals surface area contributed by atoms with Gasteiger partial charge in [0.1, 0.15) is 5.75 Å². The molecule has 2 aromatic rings. The van der Waals surface area contributed by atoms with Crippen LogP contribution in [0.25, 0.3) is 0 Å². The number of hydrogen-bond donors (Lipinski definition) is 2. The van der Waals surface area contributed by atoms with Gasteiger partial charge < -0.3 is 15.0 Å². The third kappa shape index (κ3) is 2.28. The molecule has 2 N–H and O–H groups in total. The topological polar surface area (TPSA) is 49.9 Å². The number of anilines is 1. The van der Waals surface area contributed by atoms with E-state index in [1.54, 1.807) is 19.5 Å². The van der Waals surface area contributed by atoms with Crippen molar-refractivity contribution in [2.24, 2.45) is 0 Å². The normalized spacial score (nSPS) is 9.93. The summed E-state index contributed by atoms with van der Waals surface area (Å²) in [5, 5.41) is 3.17. The van der Waals surface area contributed by atoms with E-state index in [4.69, 9.17) is 4.74 Å². The lowest BCUT2D eigenvalue weighted by Crippen LogP contribution is -2.02. The van der Waals surface area contributed by atoms with Gasteiger partial charge in [-0.05, 0) is 6.07 Å². The molecular formula is C11H13N3O. The average Bonchev–Trinajstić information content (AvgIpc) is 2.79. The highest BCUT2D eigenvalue weighted by atomic mass is 16.5. The Bertz CT molecular complexity index is 412. The van der Waals surface area contributed by atoms with E-state index in [2.05, 4.69) is 15.3 Å². The Morgan fingerprint density at radius 2 is 2.27 bits per heavy atom. The fourth-order valence-electron chi connectivity index (χ4n) is 1.39. The number of rotatable bonds is 4. The number of nitrogens with one attached hydrogen (secondary N) is 2. The Labute approximate surface area is 88.3 Å². The Morgan fingerprint density at radius 3 is 3.00 bits per heavy atom. The van der Waals surface area contributed by atoms with Crippen molar-refractivity contribution < 1.29 is 4.74 Å². The lowest BCUT2D eigenvalue weighted by molar-refractivity contribution is 0.410. The van der Waals surface area contributed by atoms with Gasteiger partial charge in [-0.25, -0.2) is 4.98 Å². The lowest BCUT2D eigenvalue weighted by Gasteiger charge is -2.08. The summed E-state index contributed by atoms with van der Waals surface area (Å²) in [6.45, 7) is 0.692. The number of H-pyrrole nitrogens is 1. The van der Waals surface area contributed by atoms with Gasteiger partial charge in [0.05, 0.1) is 7.11 Å². The van der Waals surface area contributed by atoms with Gasteiger partial charge in [0, 0.05) is 24.5 Å². The minimum absolute atomic E-state index is 0.692. The minimum atomic E-state index is 0.692. The quantitative estimate of drug-likeness (QED) is 0.799. The summed E-state index contributed by atoms with van der Waals surface area (Å²) >= 11 is 0. The molecular weight excluding hydrogens is 190 g/mol. The number of aromatic amines is 1. The molecule has 0 saturated carbocycles. The van der Waals surface area contributed by atoms with Crippen LogP contribution in [0.2, 0.25) is 0 Å². The number of methoxy groups -OCH3 is 1. The molecule has 1 heterocycles. The summed E-state index contributed by atoms with van der Waals surface area (Å²) in [5.41, 5.74) is 1.11. The maximum absolute atomic E-state index is 5.24. The Hall–Kier alpha value is -1.97. The van der Waals surface area contributed by atoms with E-state index in [-0.39, 0.29) is 0 Å². The van der Waals surface area contributed by atoms with Crippen LogP contribution in [-0.2, 0) is 6.54 Å². The predicted octanol–water partition coefficient (Wildman–Crippen LogP) is 2.03. The molecule has 0 amide bonds. The standard InChI is InChI=1S/C11H13N3O/c1-15-10-5-3-2-4-9(10)8-14-11-12-6-7-13-11/h2-7H,8H2,1H3,(H2,12,13,14). The fraction of sp³-hybridized carbons (Fsp3) is 0.182. The molecule has 0 radical (unpaired) electrons. The number of hydrogen-bond acceptors (Lipinski definition) is 3. The number of para-hydroxylation sites is 1. The van der Waals surface area contributed by atoms with Crippen LogP contribution in [0.1, 0.15) is 5.56 Å². The van der Waals surface area contributed by atoms with E-state index in [9.17, 15) is 0 Å². The maximum atomic E-state index is 5.24. The molecule has 78 valence electrons. The third-order valence-electron chi connectivity index (χ3n) is 2.14. The monoisotopic (exact) mass is 203 g/mol. The number of aromatic nitrogens is 2. The molecule has 0 aliphatic carbocycles. The second-order valence-electron chi connectivity index (χ2n) is 3.10. The summed E-state index contributed by atoms with van der Waals surface area (Å²) in [4.78, 5) is 7.06. The van der Waals surface area contributed by atoms with E-state index in [0.717, 1.165) is 17.3 Å². The smallest absolute Gasteiger partial charge is 0.200 e. The van der Waals surface area contributed by atoms with Gasteiger partial charge in [0.2, 0.25) is 0 Å². The molecule has 1 aromatic heterocycles. The van der Waals surface area contributed by atoms with Crippen molar-refractivity contribution >= 4 is 5.95 Å². The Kier molecular flexibility index (Phi) is 2.88. The lowest BCUT2D eigenvalue weighted by atomic mass is 10.2. The molecule has 0 bridgehead atoms. The molecule has 2 rings (SSSR count). The van der Waals surface area contributed by atoms with Crippen LogP contribution in [0.3, 0.4) is 0 Å². The summed E-state index contributed by atoms with van der Waals surface area (Å²) in [5.74, 6) is 1.65. The van der Waals surface area contributed by atoms with E-state index in [0.29, 0.717) is 6.54 Å². The van der Waals surface area contributed by atoms with E-state index >= 15 is 0 Å². The first-order valence-electron chi connectivity index (χ1n) is 4.75. The van der Waals surface area contributed by atoms with Gasteiger partial charge in [-0.2, -0.15) is 0 Å². The Balaban J connectivity index is 2.04. The maximum Gasteiger partial charge on any atom is 0.200 e. The van der Waals surface area contributed by atoms with Crippen molar-refractivity contribution in [2.45, 2.75) is 6.54 Å². The highest BCUT2D eigenvalue weighted by molar-refractivity contribution is 5.36. The zero-order chi connectivity index (χ0) is 10.5. The molecule has 4 nitrogen and oxygen atoms in total. The highest BCUT2D eigenvalue weighted by Gasteiger charge is 2.01. The van der Waals surface area contributed by atoms with E-state index in [1.807, 2.05) is 24.3 Å². The van der Waals surface area contributed by atoms with Crippen molar-refractivity contribution in [3.05, 3.63) is 42.2 Å². The molecule has 0 fully saturated rings. The first-order valence-corrected chi connectivity index (χ1v) is 4.75. The third-order valence-corrected chi connectivity index (χ3v) is 2.14. The molecule has 1 aromatic carbocycles. The minimum Gasteiger partial charge on any atom is -0.496 e. The molecule has 0 aliphatic heterocycles. The van der Waals surface area contributed by atoms with Crippen molar-refractivity contribution in [2.75, 3.05) is 12.4 Å². The van der Waals surface area contributed by atoms with Crippen LogP contribution >= 0.6 is 0 Å². The van der Waals surface area contributed by atoms with Crippen molar-refractivity contribution in [3.63, 3.8) is 0 Å². The van der Waals surface area contributed by atoms with Gasteiger partial charge in [-0.3, -0.25) is 0 Å². The van der Waals surface area contributed by atoms with Crippen LogP contribution in [0.15, 0.2) is 36.7 Å².